The Bertz CT molecular complexity index is 3620. The number of fused-ring (bicyclic) bond motifs is 8. The number of aliphatic hydroxyl groups excluding tert-OH is 7. The number of hydrogen-bond acceptors (Lipinski definition) is 7. The lowest BCUT2D eigenvalue weighted by Gasteiger charge is -2.08. The summed E-state index contributed by atoms with van der Waals surface area (Å²) in [5.74, 6) is 0.164. The minimum absolute atomic E-state index is 0.116. The van der Waals surface area contributed by atoms with Crippen LogP contribution in [0.3, 0.4) is 0 Å². The van der Waals surface area contributed by atoms with Crippen molar-refractivity contribution in [1.82, 2.24) is 0 Å². The van der Waals surface area contributed by atoms with E-state index in [2.05, 4.69) is 103 Å². The normalized spacial score (nSPS) is 13.7. The minimum Gasteiger partial charge on any atom is -0.396 e. The van der Waals surface area contributed by atoms with Crippen molar-refractivity contribution in [3.05, 3.63) is 310 Å². The van der Waals surface area contributed by atoms with E-state index in [1.165, 1.54) is 77.0 Å². The second-order valence-corrected chi connectivity index (χ2v) is 20.6. The van der Waals surface area contributed by atoms with Gasteiger partial charge in [-0.15, -0.1) is 0 Å². The van der Waals surface area contributed by atoms with E-state index in [0.717, 1.165) is 60.6 Å². The number of aliphatic hydroxyl groups is 7. The zero-order chi connectivity index (χ0) is 57.5. The van der Waals surface area contributed by atoms with Gasteiger partial charge in [-0.25, -0.2) is 0 Å². The Labute approximate surface area is 483 Å². The van der Waals surface area contributed by atoms with E-state index < -0.39 is 6.10 Å². The third-order valence-electron chi connectivity index (χ3n) is 15.1. The van der Waals surface area contributed by atoms with Gasteiger partial charge >= 0.3 is 0 Å². The van der Waals surface area contributed by atoms with Crippen LogP contribution in [0.4, 0.5) is 0 Å². The van der Waals surface area contributed by atoms with Crippen molar-refractivity contribution in [3.63, 3.8) is 0 Å². The number of benzene rings is 11. The van der Waals surface area contributed by atoms with Gasteiger partial charge in [-0.05, 0) is 151 Å². The van der Waals surface area contributed by atoms with Gasteiger partial charge in [0.05, 0.1) is 31.5 Å². The van der Waals surface area contributed by atoms with Crippen molar-refractivity contribution in [2.75, 3.05) is 19.8 Å². The Morgan fingerprint density at radius 1 is 0.415 bits per heavy atom. The summed E-state index contributed by atoms with van der Waals surface area (Å²) in [4.78, 5) is 0. The molecule has 3 aliphatic rings. The van der Waals surface area contributed by atoms with Crippen LogP contribution < -0.4 is 0 Å². The molecule has 7 N–H and O–H groups in total. The molecule has 3 aliphatic carbocycles. The van der Waals surface area contributed by atoms with Gasteiger partial charge in [0, 0.05) is 19.1 Å². The maximum absolute atomic E-state index is 9.52. The lowest BCUT2D eigenvalue weighted by molar-refractivity contribution is 0.180. The first-order valence-corrected chi connectivity index (χ1v) is 28.5. The molecular formula is C75H76O7. The standard InChI is InChI=1S/C14H12O.2C12H12O.C11H10O.2C9H10O.C8H10O/c15-9-14-12-7-3-1-5-10(12)11-6-2-4-8-13(11)14;1-9(13)11-8-4-6-10-5-2-3-7-12(10)11;13-9-8-11-6-3-5-10-4-1-2-7-12(10)11;12-8-9-5-6-10-3-1-2-4-11(10)7-9;10-9-5-7-3-1-2-4-8(7)6-9;10-9-6-5-7-3-1-2-4-8(7)9;9-7-6-8-4-2-1-3-5-8/h1-8,14-15H,9H2;2-9,13H,1H3;1-7,13H,8-9H2;1-7,12H,8H2;2*1-4,9-10H,5-6H2;1-5,9H,6-7H2. The average molecular weight is 1090 g/mol. The molecule has 11 aromatic rings. The monoisotopic (exact) mass is 1090 g/mol. The topological polar surface area (TPSA) is 142 Å². The Balaban J connectivity index is 0.000000126. The summed E-state index contributed by atoms with van der Waals surface area (Å²) in [6.07, 6.45) is 4.41. The molecule has 82 heavy (non-hydrogen) atoms. The second kappa shape index (κ2) is 31.2. The Kier molecular flexibility index (Phi) is 22.9. The largest absolute Gasteiger partial charge is 0.396 e. The number of hydrogen-bond donors (Lipinski definition) is 7. The van der Waals surface area contributed by atoms with E-state index in [1.54, 1.807) is 6.92 Å². The number of rotatable bonds is 7. The fourth-order valence-corrected chi connectivity index (χ4v) is 10.9. The minimum atomic E-state index is -0.397. The van der Waals surface area contributed by atoms with Crippen molar-refractivity contribution >= 4 is 32.3 Å². The third-order valence-corrected chi connectivity index (χ3v) is 15.1. The molecule has 0 bridgehead atoms. The fourth-order valence-electron chi connectivity index (χ4n) is 10.9. The van der Waals surface area contributed by atoms with Crippen LogP contribution in [0.1, 0.15) is 87.1 Å². The van der Waals surface area contributed by atoms with Gasteiger partial charge in [0.1, 0.15) is 0 Å². The molecule has 0 saturated carbocycles. The maximum Gasteiger partial charge on any atom is 0.0795 e. The quantitative estimate of drug-likeness (QED) is 0.0843. The van der Waals surface area contributed by atoms with Crippen LogP contribution in [0.15, 0.2) is 255 Å². The fraction of sp³-hybridized carbons (Fsp3) is 0.200. The van der Waals surface area contributed by atoms with E-state index in [9.17, 15) is 20.4 Å². The molecule has 418 valence electrons. The summed E-state index contributed by atoms with van der Waals surface area (Å²) >= 11 is 0. The molecule has 2 atom stereocenters. The van der Waals surface area contributed by atoms with Gasteiger partial charge in [-0.3, -0.25) is 0 Å². The molecular weight excluding hydrogens is 1010 g/mol. The molecule has 14 rings (SSSR count). The summed E-state index contributed by atoms with van der Waals surface area (Å²) < 4.78 is 0. The van der Waals surface area contributed by atoms with E-state index >= 15 is 0 Å². The molecule has 0 aliphatic heterocycles. The first-order chi connectivity index (χ1) is 40.2. The zero-order valence-corrected chi connectivity index (χ0v) is 46.8. The molecule has 0 radical (unpaired) electrons. The summed E-state index contributed by atoms with van der Waals surface area (Å²) in [6, 6.07) is 85.6. The third kappa shape index (κ3) is 16.3. The number of aryl methyl sites for hydroxylation is 1. The zero-order valence-electron chi connectivity index (χ0n) is 46.8. The molecule has 0 heterocycles. The van der Waals surface area contributed by atoms with E-state index in [4.69, 9.17) is 15.3 Å². The van der Waals surface area contributed by atoms with Gasteiger partial charge in [-0.2, -0.15) is 0 Å². The van der Waals surface area contributed by atoms with Crippen molar-refractivity contribution < 1.29 is 35.7 Å². The molecule has 11 aromatic carbocycles. The smallest absolute Gasteiger partial charge is 0.0795 e. The highest BCUT2D eigenvalue weighted by Crippen LogP contribution is 2.44. The molecule has 7 nitrogen and oxygen atoms in total. The van der Waals surface area contributed by atoms with Crippen molar-refractivity contribution in [2.24, 2.45) is 0 Å². The van der Waals surface area contributed by atoms with Gasteiger partial charge in [0.25, 0.3) is 0 Å². The molecule has 0 fully saturated rings. The molecule has 7 heteroatoms. The predicted molar refractivity (Wildman–Crippen MR) is 337 cm³/mol. The van der Waals surface area contributed by atoms with Crippen molar-refractivity contribution in [1.29, 1.82) is 0 Å². The predicted octanol–water partition coefficient (Wildman–Crippen LogP) is 14.4. The van der Waals surface area contributed by atoms with Crippen LogP contribution in [0, 0.1) is 0 Å². The average Bonchev–Trinajstić information content (AvgIpc) is 4.25. The Hall–Kier alpha value is -8.08. The lowest BCUT2D eigenvalue weighted by atomic mass is 9.98. The summed E-state index contributed by atoms with van der Waals surface area (Å²) in [7, 11) is 0. The molecule has 0 aromatic heterocycles. The van der Waals surface area contributed by atoms with Gasteiger partial charge in [-0.1, -0.05) is 249 Å². The summed E-state index contributed by atoms with van der Waals surface area (Å²) in [6.45, 7) is 2.55. The highest BCUT2D eigenvalue weighted by atomic mass is 16.3. The van der Waals surface area contributed by atoms with Crippen molar-refractivity contribution in [2.45, 2.75) is 76.3 Å². The van der Waals surface area contributed by atoms with Crippen LogP contribution in [-0.4, -0.2) is 61.7 Å². The molecule has 2 unspecified atom stereocenters. The highest BCUT2D eigenvalue weighted by molar-refractivity contribution is 5.87. The Morgan fingerprint density at radius 3 is 1.49 bits per heavy atom. The first kappa shape index (κ1) is 60.0. The lowest BCUT2D eigenvalue weighted by Crippen LogP contribution is -2.03. The molecule has 0 amide bonds. The maximum atomic E-state index is 9.52. The van der Waals surface area contributed by atoms with Crippen LogP contribution in [0.25, 0.3) is 43.4 Å². The van der Waals surface area contributed by atoms with Crippen molar-refractivity contribution in [3.8, 4) is 11.1 Å². The van der Waals surface area contributed by atoms with Crippen LogP contribution in [0.2, 0.25) is 0 Å². The van der Waals surface area contributed by atoms with Crippen LogP contribution in [0.5, 0.6) is 0 Å². The van der Waals surface area contributed by atoms with E-state index in [0.29, 0.717) is 0 Å². The van der Waals surface area contributed by atoms with E-state index in [-0.39, 0.29) is 44.6 Å². The van der Waals surface area contributed by atoms with Gasteiger partial charge < -0.3 is 35.7 Å². The van der Waals surface area contributed by atoms with Gasteiger partial charge in [0.2, 0.25) is 0 Å². The second-order valence-electron chi connectivity index (χ2n) is 20.6. The molecule has 0 spiro atoms. The highest BCUT2D eigenvalue weighted by Gasteiger charge is 2.27. The molecule has 0 saturated heterocycles. The first-order valence-electron chi connectivity index (χ1n) is 28.5. The Morgan fingerprint density at radius 2 is 0.902 bits per heavy atom. The van der Waals surface area contributed by atoms with Gasteiger partial charge in [0.15, 0.2) is 0 Å². The summed E-state index contributed by atoms with van der Waals surface area (Å²) in [5, 5.41) is 71.1. The summed E-state index contributed by atoms with van der Waals surface area (Å²) in [5.41, 5.74) is 14.5. The van der Waals surface area contributed by atoms with Crippen LogP contribution in [-0.2, 0) is 38.7 Å². The van der Waals surface area contributed by atoms with E-state index in [1.807, 2.05) is 152 Å². The SMILES string of the molecule is CC(O)c1cccc2ccccc12.OC1CCc2ccccc21.OC1Cc2ccccc2C1.OCC1c2ccccc2-c2ccccc21.OCCc1cccc2ccccc12.OCCc1ccccc1.OCc1ccc2ccccc2c1. The van der Waals surface area contributed by atoms with Crippen LogP contribution >= 0.6 is 0 Å².